The van der Waals surface area contributed by atoms with Crippen LogP contribution in [0.25, 0.3) is 5.82 Å². The Morgan fingerprint density at radius 2 is 2.03 bits per heavy atom. The molecule has 0 amide bonds. The van der Waals surface area contributed by atoms with E-state index in [1.807, 2.05) is 18.2 Å². The lowest BCUT2D eigenvalue weighted by atomic mass is 9.67. The summed E-state index contributed by atoms with van der Waals surface area (Å²) in [6.45, 7) is 3.66. The molecule has 1 saturated carbocycles. The Morgan fingerprint density at radius 1 is 1.21 bits per heavy atom. The first-order valence-electron chi connectivity index (χ1n) is 11.7. The van der Waals surface area contributed by atoms with Gasteiger partial charge in [0.25, 0.3) is 0 Å². The molecule has 2 aromatic rings. The highest BCUT2D eigenvalue weighted by atomic mass is 16.5. The fourth-order valence-electron chi connectivity index (χ4n) is 5.15. The molecule has 2 aromatic heterocycles. The minimum Gasteiger partial charge on any atom is -0.379 e. The van der Waals surface area contributed by atoms with Gasteiger partial charge in [0.05, 0.1) is 30.7 Å². The lowest BCUT2D eigenvalue weighted by Crippen LogP contribution is -2.46. The Kier molecular flexibility index (Phi) is 6.11. The van der Waals surface area contributed by atoms with Crippen molar-refractivity contribution < 1.29 is 4.74 Å². The van der Waals surface area contributed by atoms with Gasteiger partial charge in [0, 0.05) is 25.3 Å². The maximum absolute atomic E-state index is 10.1. The van der Waals surface area contributed by atoms with Crippen LogP contribution in [0.1, 0.15) is 32.1 Å². The fraction of sp³-hybridized carbons (Fsp3) is 0.500. The molecule has 33 heavy (non-hydrogen) atoms. The second-order valence-corrected chi connectivity index (χ2v) is 8.97. The van der Waals surface area contributed by atoms with Crippen molar-refractivity contribution in [2.75, 3.05) is 37.4 Å². The van der Waals surface area contributed by atoms with Gasteiger partial charge in [-0.3, -0.25) is 4.90 Å². The number of hydrogen-bond acceptors (Lipinski definition) is 8. The third-order valence-electron chi connectivity index (χ3n) is 7.05. The molecule has 9 heteroatoms. The minimum atomic E-state index is -0.381. The Bertz CT molecular complexity index is 1060. The van der Waals surface area contributed by atoms with Gasteiger partial charge in [-0.25, -0.2) is 4.98 Å². The van der Waals surface area contributed by atoms with Crippen LogP contribution < -0.4 is 11.1 Å². The van der Waals surface area contributed by atoms with Crippen molar-refractivity contribution in [2.45, 2.75) is 44.2 Å². The summed E-state index contributed by atoms with van der Waals surface area (Å²) in [5, 5.41) is 17.9. The molecule has 0 radical (unpaired) electrons. The van der Waals surface area contributed by atoms with Gasteiger partial charge in [0.1, 0.15) is 0 Å². The smallest absolute Gasteiger partial charge is 0.244 e. The molecular formula is C24H30N8O. The molecule has 0 bridgehead atoms. The van der Waals surface area contributed by atoms with Crippen molar-refractivity contribution in [3.05, 3.63) is 48.2 Å². The second kappa shape index (κ2) is 9.33. The number of pyridine rings is 1. The molecule has 3 N–H and O–H groups in total. The zero-order chi connectivity index (χ0) is 22.7. The van der Waals surface area contributed by atoms with E-state index in [2.05, 4.69) is 49.6 Å². The van der Waals surface area contributed by atoms with Gasteiger partial charge in [-0.05, 0) is 49.8 Å². The Labute approximate surface area is 193 Å². The predicted octanol–water partition coefficient (Wildman–Crippen LogP) is 2.70. The summed E-state index contributed by atoms with van der Waals surface area (Å²) in [7, 11) is 0. The summed E-state index contributed by atoms with van der Waals surface area (Å²) in [5.74, 6) is 1.37. The van der Waals surface area contributed by atoms with E-state index in [1.165, 1.54) is 4.68 Å². The van der Waals surface area contributed by atoms with E-state index in [-0.39, 0.29) is 17.4 Å². The summed E-state index contributed by atoms with van der Waals surface area (Å²) < 4.78 is 7.01. The molecule has 1 unspecified atom stereocenters. The van der Waals surface area contributed by atoms with Crippen molar-refractivity contribution in [1.29, 1.82) is 5.26 Å². The zero-order valence-corrected chi connectivity index (χ0v) is 18.7. The van der Waals surface area contributed by atoms with E-state index in [4.69, 9.17) is 10.5 Å². The average Bonchev–Trinajstić information content (AvgIpc) is 3.25. The molecule has 1 atom stereocenters. The van der Waals surface area contributed by atoms with E-state index < -0.39 is 0 Å². The van der Waals surface area contributed by atoms with Gasteiger partial charge in [-0.1, -0.05) is 24.3 Å². The van der Waals surface area contributed by atoms with Crippen molar-refractivity contribution in [2.24, 2.45) is 5.41 Å². The van der Waals surface area contributed by atoms with Gasteiger partial charge in [0.2, 0.25) is 11.9 Å². The number of nitrogen functional groups attached to an aromatic ring is 1. The fourth-order valence-corrected chi connectivity index (χ4v) is 5.15. The summed E-state index contributed by atoms with van der Waals surface area (Å²) in [4.78, 5) is 11.1. The van der Waals surface area contributed by atoms with Crippen LogP contribution in [0.3, 0.4) is 0 Å². The van der Waals surface area contributed by atoms with Crippen LogP contribution in [0, 0.1) is 16.7 Å². The summed E-state index contributed by atoms with van der Waals surface area (Å²) in [5.41, 5.74) is 6.80. The summed E-state index contributed by atoms with van der Waals surface area (Å²) in [6.07, 6.45) is 12.8. The Hall–Kier alpha value is -3.22. The standard InChI is InChI=1S/C24H30N8O/c25-17-24(10-8-20(9-11-24)31-13-15-33-16-14-31)18-4-6-19(7-5-18)28-23-29-22(26)32(30-23)21-3-1-2-12-27-21/h1-6,12,19-20H,7-11,13-16H2,(H3,26,28,29,30). The van der Waals surface area contributed by atoms with Gasteiger partial charge in [-0.15, -0.1) is 5.10 Å². The van der Waals surface area contributed by atoms with Crippen LogP contribution in [-0.2, 0) is 4.74 Å². The van der Waals surface area contributed by atoms with Gasteiger partial charge >= 0.3 is 0 Å². The average molecular weight is 447 g/mol. The predicted molar refractivity (Wildman–Crippen MR) is 126 cm³/mol. The molecule has 2 aliphatic carbocycles. The van der Waals surface area contributed by atoms with Crippen molar-refractivity contribution >= 4 is 11.9 Å². The largest absolute Gasteiger partial charge is 0.379 e. The molecule has 1 saturated heterocycles. The van der Waals surface area contributed by atoms with E-state index in [1.54, 1.807) is 6.20 Å². The highest BCUT2D eigenvalue weighted by Crippen LogP contribution is 2.45. The lowest BCUT2D eigenvalue weighted by Gasteiger charge is -2.42. The Morgan fingerprint density at radius 3 is 2.70 bits per heavy atom. The molecule has 0 spiro atoms. The molecular weight excluding hydrogens is 416 g/mol. The monoisotopic (exact) mass is 446 g/mol. The molecule has 9 nitrogen and oxygen atoms in total. The van der Waals surface area contributed by atoms with E-state index >= 15 is 0 Å². The molecule has 2 fully saturated rings. The number of nitriles is 1. The molecule has 0 aromatic carbocycles. The number of anilines is 2. The molecule has 5 rings (SSSR count). The molecule has 172 valence electrons. The number of allylic oxidation sites excluding steroid dienone is 2. The number of nitrogens with two attached hydrogens (primary N) is 1. The molecule has 1 aliphatic heterocycles. The van der Waals surface area contributed by atoms with Crippen LogP contribution in [0.15, 0.2) is 48.2 Å². The molecule has 3 heterocycles. The summed E-state index contributed by atoms with van der Waals surface area (Å²) in [6, 6.07) is 8.85. The number of nitrogens with zero attached hydrogens (tertiary/aromatic N) is 6. The quantitative estimate of drug-likeness (QED) is 0.720. The summed E-state index contributed by atoms with van der Waals surface area (Å²) >= 11 is 0. The van der Waals surface area contributed by atoms with E-state index in [0.29, 0.717) is 17.8 Å². The van der Waals surface area contributed by atoms with Crippen LogP contribution in [0.5, 0.6) is 0 Å². The number of aromatic nitrogens is 4. The van der Waals surface area contributed by atoms with E-state index in [9.17, 15) is 5.26 Å². The van der Waals surface area contributed by atoms with Crippen LogP contribution in [0.4, 0.5) is 11.9 Å². The maximum atomic E-state index is 10.1. The minimum absolute atomic E-state index is 0.0492. The van der Waals surface area contributed by atoms with Crippen LogP contribution in [0.2, 0.25) is 0 Å². The second-order valence-electron chi connectivity index (χ2n) is 8.97. The normalized spacial score (nSPS) is 28.2. The van der Waals surface area contributed by atoms with Gasteiger partial charge in [-0.2, -0.15) is 14.9 Å². The first-order chi connectivity index (χ1) is 16.2. The van der Waals surface area contributed by atoms with Crippen molar-refractivity contribution in [3.63, 3.8) is 0 Å². The third-order valence-corrected chi connectivity index (χ3v) is 7.05. The SMILES string of the molecule is N#CC1(C2=CCC(Nc3nc(N)n(-c4ccccn4)n3)C=C2)CCC(N2CCOCC2)CC1. The Balaban J connectivity index is 1.20. The highest BCUT2D eigenvalue weighted by molar-refractivity contribution is 5.43. The number of ether oxygens (including phenoxy) is 1. The number of morpholine rings is 1. The van der Waals surface area contributed by atoms with Crippen LogP contribution >= 0.6 is 0 Å². The highest BCUT2D eigenvalue weighted by Gasteiger charge is 2.40. The van der Waals surface area contributed by atoms with Crippen molar-refractivity contribution in [3.8, 4) is 11.9 Å². The van der Waals surface area contributed by atoms with Crippen molar-refractivity contribution in [1.82, 2.24) is 24.6 Å². The third kappa shape index (κ3) is 4.49. The lowest BCUT2D eigenvalue weighted by molar-refractivity contribution is 0.00328. The van der Waals surface area contributed by atoms with Gasteiger partial charge in [0.15, 0.2) is 5.82 Å². The van der Waals surface area contributed by atoms with Gasteiger partial charge < -0.3 is 15.8 Å². The first-order valence-corrected chi connectivity index (χ1v) is 11.7. The number of nitrogens with one attached hydrogen (secondary N) is 1. The van der Waals surface area contributed by atoms with Crippen LogP contribution in [-0.4, -0.2) is 63.0 Å². The number of hydrogen-bond donors (Lipinski definition) is 2. The first kappa shape index (κ1) is 21.6. The van der Waals surface area contributed by atoms with E-state index in [0.717, 1.165) is 64.0 Å². The maximum Gasteiger partial charge on any atom is 0.244 e. The zero-order valence-electron chi connectivity index (χ0n) is 18.7. The molecule has 3 aliphatic rings. The number of rotatable bonds is 5. The topological polar surface area (TPSA) is 118 Å².